The van der Waals surface area contributed by atoms with E-state index < -0.39 is 24.0 Å². The zero-order chi connectivity index (χ0) is 15.5. The summed E-state index contributed by atoms with van der Waals surface area (Å²) in [7, 11) is 1.23. The number of thioether (sulfide) groups is 1. The number of urea groups is 1. The van der Waals surface area contributed by atoms with Crippen molar-refractivity contribution in [1.29, 1.82) is 0 Å². The summed E-state index contributed by atoms with van der Waals surface area (Å²) >= 11 is 1.69. The maximum atomic E-state index is 11.5. The Morgan fingerprint density at radius 3 is 2.45 bits per heavy atom. The van der Waals surface area contributed by atoms with Gasteiger partial charge in [0.05, 0.1) is 7.11 Å². The fourth-order valence-electron chi connectivity index (χ4n) is 1.34. The van der Waals surface area contributed by atoms with Gasteiger partial charge < -0.3 is 20.5 Å². The van der Waals surface area contributed by atoms with Crippen LogP contribution < -0.4 is 10.6 Å². The number of hydrogen-bond acceptors (Lipinski definition) is 5. The van der Waals surface area contributed by atoms with Gasteiger partial charge in [0.15, 0.2) is 0 Å². The van der Waals surface area contributed by atoms with E-state index in [1.807, 2.05) is 13.2 Å². The van der Waals surface area contributed by atoms with E-state index in [1.54, 1.807) is 11.8 Å². The van der Waals surface area contributed by atoms with Crippen molar-refractivity contribution in [2.24, 2.45) is 0 Å². The number of hydrogen-bond donors (Lipinski definition) is 3. The SMILES string of the molecule is COC(=O)CC[C@H](NC(=O)NCCC(C)SC)C(=O)O. The number of carbonyl (C=O) groups excluding carboxylic acids is 2. The summed E-state index contributed by atoms with van der Waals surface area (Å²) in [5.41, 5.74) is 0. The van der Waals surface area contributed by atoms with Crippen LogP contribution in [0.4, 0.5) is 4.79 Å². The summed E-state index contributed by atoms with van der Waals surface area (Å²) in [6, 6.07) is -1.65. The summed E-state index contributed by atoms with van der Waals surface area (Å²) in [4.78, 5) is 33.5. The number of carboxylic acids is 1. The molecule has 8 heteroatoms. The molecule has 0 aliphatic rings. The van der Waals surface area contributed by atoms with Crippen molar-refractivity contribution in [3.8, 4) is 0 Å². The Bertz CT molecular complexity index is 338. The smallest absolute Gasteiger partial charge is 0.326 e. The number of carbonyl (C=O) groups is 3. The van der Waals surface area contributed by atoms with Crippen molar-refractivity contribution in [2.45, 2.75) is 37.5 Å². The normalized spacial score (nSPS) is 13.2. The molecule has 0 aromatic rings. The van der Waals surface area contributed by atoms with E-state index >= 15 is 0 Å². The van der Waals surface area contributed by atoms with E-state index in [2.05, 4.69) is 15.4 Å². The van der Waals surface area contributed by atoms with Gasteiger partial charge in [0.1, 0.15) is 6.04 Å². The first kappa shape index (κ1) is 18.6. The second-order valence-corrected chi connectivity index (χ2v) is 5.52. The molecule has 0 spiro atoms. The van der Waals surface area contributed by atoms with Crippen molar-refractivity contribution in [3.05, 3.63) is 0 Å². The molecule has 0 aromatic heterocycles. The van der Waals surface area contributed by atoms with Gasteiger partial charge >= 0.3 is 18.0 Å². The molecule has 0 radical (unpaired) electrons. The lowest BCUT2D eigenvalue weighted by Crippen LogP contribution is -2.46. The van der Waals surface area contributed by atoms with E-state index in [4.69, 9.17) is 5.11 Å². The molecule has 0 bridgehead atoms. The molecule has 0 heterocycles. The van der Waals surface area contributed by atoms with Crippen molar-refractivity contribution in [1.82, 2.24) is 10.6 Å². The molecular weight excluding hydrogens is 284 g/mol. The van der Waals surface area contributed by atoms with Crippen molar-refractivity contribution in [2.75, 3.05) is 19.9 Å². The van der Waals surface area contributed by atoms with E-state index in [0.717, 1.165) is 6.42 Å². The minimum absolute atomic E-state index is 0.00333. The first-order chi connectivity index (χ1) is 9.40. The minimum Gasteiger partial charge on any atom is -0.480 e. The average molecular weight is 306 g/mol. The lowest BCUT2D eigenvalue weighted by Gasteiger charge is -2.15. The Hall–Kier alpha value is -1.44. The van der Waals surface area contributed by atoms with Crippen LogP contribution in [0, 0.1) is 0 Å². The number of ether oxygens (including phenoxy) is 1. The molecule has 2 atom stereocenters. The Labute approximate surface area is 122 Å². The first-order valence-electron chi connectivity index (χ1n) is 6.27. The first-order valence-corrected chi connectivity index (χ1v) is 7.56. The summed E-state index contributed by atoms with van der Waals surface area (Å²) in [5.74, 6) is -1.69. The molecule has 0 fully saturated rings. The van der Waals surface area contributed by atoms with Crippen molar-refractivity contribution in [3.63, 3.8) is 0 Å². The van der Waals surface area contributed by atoms with Gasteiger partial charge in [-0.3, -0.25) is 4.79 Å². The van der Waals surface area contributed by atoms with Gasteiger partial charge in [-0.2, -0.15) is 11.8 Å². The molecular formula is C12H22N2O5S. The predicted molar refractivity (Wildman–Crippen MR) is 76.8 cm³/mol. The van der Waals surface area contributed by atoms with Crippen molar-refractivity contribution >= 4 is 29.7 Å². The van der Waals surface area contributed by atoms with Gasteiger partial charge in [-0.15, -0.1) is 0 Å². The molecule has 0 rings (SSSR count). The van der Waals surface area contributed by atoms with Crippen LogP contribution in [-0.2, 0) is 14.3 Å². The highest BCUT2D eigenvalue weighted by molar-refractivity contribution is 7.99. The highest BCUT2D eigenvalue weighted by atomic mass is 32.2. The van der Waals surface area contributed by atoms with Gasteiger partial charge in [-0.1, -0.05) is 6.92 Å². The van der Waals surface area contributed by atoms with Crippen LogP contribution in [0.1, 0.15) is 26.2 Å². The zero-order valence-corrected chi connectivity index (χ0v) is 12.8. The Morgan fingerprint density at radius 1 is 1.30 bits per heavy atom. The van der Waals surface area contributed by atoms with Crippen LogP contribution in [0.3, 0.4) is 0 Å². The number of amides is 2. The van der Waals surface area contributed by atoms with Gasteiger partial charge in [-0.05, 0) is 19.1 Å². The molecule has 2 amide bonds. The maximum absolute atomic E-state index is 11.5. The van der Waals surface area contributed by atoms with Gasteiger partial charge in [0.25, 0.3) is 0 Å². The number of esters is 1. The topological polar surface area (TPSA) is 105 Å². The Morgan fingerprint density at radius 2 is 1.95 bits per heavy atom. The highest BCUT2D eigenvalue weighted by Gasteiger charge is 2.21. The van der Waals surface area contributed by atoms with E-state index in [-0.39, 0.29) is 12.8 Å². The van der Waals surface area contributed by atoms with Crippen LogP contribution >= 0.6 is 11.8 Å². The number of rotatable bonds is 9. The molecule has 0 aliphatic heterocycles. The maximum Gasteiger partial charge on any atom is 0.326 e. The molecule has 0 aliphatic carbocycles. The van der Waals surface area contributed by atoms with Crippen LogP contribution in [0.2, 0.25) is 0 Å². The van der Waals surface area contributed by atoms with Crippen LogP contribution in [0.15, 0.2) is 0 Å². The highest BCUT2D eigenvalue weighted by Crippen LogP contribution is 2.07. The Balaban J connectivity index is 4.08. The quantitative estimate of drug-likeness (QED) is 0.545. The average Bonchev–Trinajstić information content (AvgIpc) is 2.42. The summed E-state index contributed by atoms with van der Waals surface area (Å²) in [6.45, 7) is 2.51. The van der Waals surface area contributed by atoms with E-state index in [0.29, 0.717) is 11.8 Å². The zero-order valence-electron chi connectivity index (χ0n) is 12.0. The standard InChI is InChI=1S/C12H22N2O5S/c1-8(20-3)6-7-13-12(18)14-9(11(16)17)4-5-10(15)19-2/h8-9H,4-7H2,1-3H3,(H,16,17)(H2,13,14,18)/t8?,9-/m0/s1. The van der Waals surface area contributed by atoms with Gasteiger partial charge in [-0.25, -0.2) is 9.59 Å². The fourth-order valence-corrected chi connectivity index (χ4v) is 1.69. The Kier molecular flexibility index (Phi) is 9.61. The lowest BCUT2D eigenvalue weighted by molar-refractivity contribution is -0.142. The largest absolute Gasteiger partial charge is 0.480 e. The van der Waals surface area contributed by atoms with Crippen LogP contribution in [0.25, 0.3) is 0 Å². The lowest BCUT2D eigenvalue weighted by atomic mass is 10.1. The molecule has 20 heavy (non-hydrogen) atoms. The van der Waals surface area contributed by atoms with Crippen LogP contribution in [0.5, 0.6) is 0 Å². The molecule has 116 valence electrons. The predicted octanol–water partition coefficient (Wildman–Crippen LogP) is 0.834. The van der Waals surface area contributed by atoms with Crippen LogP contribution in [-0.4, -0.2) is 54.3 Å². The molecule has 1 unspecified atom stereocenters. The minimum atomic E-state index is -1.18. The van der Waals surface area contributed by atoms with Gasteiger partial charge in [0.2, 0.25) is 0 Å². The number of carboxylic acid groups (broad SMARTS) is 1. The summed E-state index contributed by atoms with van der Waals surface area (Å²) < 4.78 is 4.43. The fraction of sp³-hybridized carbons (Fsp3) is 0.750. The third-order valence-electron chi connectivity index (χ3n) is 2.71. The summed E-state index contributed by atoms with van der Waals surface area (Å²) in [5, 5.41) is 14.3. The third-order valence-corrected chi connectivity index (χ3v) is 3.75. The molecule has 7 nitrogen and oxygen atoms in total. The summed E-state index contributed by atoms with van der Waals surface area (Å²) in [6.07, 6.45) is 2.72. The molecule has 0 aromatic carbocycles. The number of nitrogens with one attached hydrogen (secondary N) is 2. The van der Waals surface area contributed by atoms with E-state index in [9.17, 15) is 14.4 Å². The molecule has 0 saturated heterocycles. The molecule has 3 N–H and O–H groups in total. The number of aliphatic carboxylic acids is 1. The second-order valence-electron chi connectivity index (χ2n) is 4.24. The molecule has 0 saturated carbocycles. The monoisotopic (exact) mass is 306 g/mol. The van der Waals surface area contributed by atoms with E-state index in [1.165, 1.54) is 7.11 Å². The second kappa shape index (κ2) is 10.4. The van der Waals surface area contributed by atoms with Gasteiger partial charge in [0, 0.05) is 18.2 Å². The van der Waals surface area contributed by atoms with Crippen molar-refractivity contribution < 1.29 is 24.2 Å². The number of methoxy groups -OCH3 is 1. The third kappa shape index (κ3) is 8.63.